The van der Waals surface area contributed by atoms with Crippen molar-refractivity contribution >= 4 is 40.2 Å². The Morgan fingerprint density at radius 2 is 2.00 bits per heavy atom. The third kappa shape index (κ3) is 4.24. The maximum atomic E-state index is 11.9. The molecule has 0 atom stereocenters. The molecule has 1 fully saturated rings. The first-order valence-electron chi connectivity index (χ1n) is 9.71. The molecule has 8 heteroatoms. The summed E-state index contributed by atoms with van der Waals surface area (Å²) in [6, 6.07) is 9.59. The van der Waals surface area contributed by atoms with Crippen LogP contribution in [0.4, 0.5) is 11.8 Å². The molecule has 2 N–H and O–H groups in total. The number of aromatic nitrogens is 3. The lowest BCUT2D eigenvalue weighted by Crippen LogP contribution is -2.40. The molecule has 1 amide bonds. The Labute approximate surface area is 174 Å². The smallest absolute Gasteiger partial charge is 0.223 e. The fourth-order valence-corrected chi connectivity index (χ4v) is 3.86. The molecule has 150 valence electrons. The van der Waals surface area contributed by atoms with Crippen LogP contribution in [0.25, 0.3) is 10.9 Å². The van der Waals surface area contributed by atoms with Gasteiger partial charge in [-0.1, -0.05) is 29.8 Å². The number of halogens is 1. The van der Waals surface area contributed by atoms with Gasteiger partial charge in [-0.05, 0) is 30.5 Å². The largest absolute Gasteiger partial charge is 0.359 e. The Morgan fingerprint density at radius 3 is 2.76 bits per heavy atom. The molecule has 0 radical (unpaired) electrons. The van der Waals surface area contributed by atoms with Crippen LogP contribution >= 0.6 is 11.6 Å². The fraction of sp³-hybridized carbons (Fsp3) is 0.333. The molecule has 0 unspecified atom stereocenters. The Morgan fingerprint density at radius 1 is 1.21 bits per heavy atom. The highest BCUT2D eigenvalue weighted by Crippen LogP contribution is 2.28. The number of piperidine rings is 1. The van der Waals surface area contributed by atoms with E-state index in [0.29, 0.717) is 17.5 Å². The van der Waals surface area contributed by atoms with Crippen LogP contribution in [0.1, 0.15) is 18.4 Å². The number of carbonyl (C=O) groups excluding carboxylic acids is 1. The van der Waals surface area contributed by atoms with Gasteiger partial charge < -0.3 is 15.5 Å². The van der Waals surface area contributed by atoms with Gasteiger partial charge in [-0.3, -0.25) is 4.79 Å². The first-order valence-corrected chi connectivity index (χ1v) is 10.1. The number of nitrogens with zero attached hydrogens (tertiary/aromatic N) is 4. The molecule has 1 aliphatic rings. The number of hydrogen-bond acceptors (Lipinski definition) is 6. The van der Waals surface area contributed by atoms with Crippen LogP contribution in [0.3, 0.4) is 0 Å². The second-order valence-electron chi connectivity index (χ2n) is 7.08. The Balaban J connectivity index is 1.50. The van der Waals surface area contributed by atoms with Crippen molar-refractivity contribution in [2.24, 2.45) is 5.92 Å². The summed E-state index contributed by atoms with van der Waals surface area (Å²) in [5.74, 6) is 1.61. The van der Waals surface area contributed by atoms with Gasteiger partial charge in [-0.25, -0.2) is 15.0 Å². The van der Waals surface area contributed by atoms with Crippen LogP contribution in [0.5, 0.6) is 0 Å². The molecule has 0 aliphatic carbocycles. The average molecular weight is 411 g/mol. The minimum Gasteiger partial charge on any atom is -0.359 e. The third-order valence-electron chi connectivity index (χ3n) is 5.29. The highest BCUT2D eigenvalue weighted by molar-refractivity contribution is 6.31. The zero-order chi connectivity index (χ0) is 20.2. The number of amides is 1. The van der Waals surface area contributed by atoms with Crippen LogP contribution in [0, 0.1) is 5.92 Å². The van der Waals surface area contributed by atoms with Crippen molar-refractivity contribution in [2.75, 3.05) is 30.4 Å². The van der Waals surface area contributed by atoms with E-state index in [-0.39, 0.29) is 11.8 Å². The lowest BCUT2D eigenvalue weighted by atomic mass is 9.96. The number of fused-ring (bicyclic) bond motifs is 1. The summed E-state index contributed by atoms with van der Waals surface area (Å²) < 4.78 is 0. The van der Waals surface area contributed by atoms with Crippen LogP contribution in [-0.2, 0) is 11.3 Å². The maximum Gasteiger partial charge on any atom is 0.223 e. The normalized spacial score (nSPS) is 14.8. The number of rotatable bonds is 5. The molecule has 29 heavy (non-hydrogen) atoms. The standard InChI is InChI=1S/C21H23ClN6O/c1-23-20(29)14-7-10-28(11-8-14)19-16-13-26-21(27-18(16)6-9-24-19)25-12-15-4-2-3-5-17(15)22/h2-6,9,13-14H,7-8,10-12H2,1H3,(H,23,29)(H,25,26,27). The molecule has 3 aromatic rings. The van der Waals surface area contributed by atoms with E-state index in [0.717, 1.165) is 48.2 Å². The van der Waals surface area contributed by atoms with Gasteiger partial charge in [0.25, 0.3) is 0 Å². The van der Waals surface area contributed by atoms with E-state index in [4.69, 9.17) is 11.6 Å². The summed E-state index contributed by atoms with van der Waals surface area (Å²) in [7, 11) is 1.69. The Bertz CT molecular complexity index is 1020. The van der Waals surface area contributed by atoms with Gasteiger partial charge >= 0.3 is 0 Å². The van der Waals surface area contributed by atoms with Crippen molar-refractivity contribution in [3.05, 3.63) is 53.3 Å². The molecular formula is C21H23ClN6O. The number of anilines is 2. The molecular weight excluding hydrogens is 388 g/mol. The van der Waals surface area contributed by atoms with Crippen LogP contribution in [0.15, 0.2) is 42.7 Å². The highest BCUT2D eigenvalue weighted by atomic mass is 35.5. The van der Waals surface area contributed by atoms with E-state index in [2.05, 4.69) is 30.5 Å². The zero-order valence-electron chi connectivity index (χ0n) is 16.2. The minimum atomic E-state index is 0.0723. The number of pyridine rings is 1. The molecule has 4 rings (SSSR count). The molecule has 3 heterocycles. The van der Waals surface area contributed by atoms with Crippen molar-refractivity contribution in [3.63, 3.8) is 0 Å². The number of nitrogens with one attached hydrogen (secondary N) is 2. The highest BCUT2D eigenvalue weighted by Gasteiger charge is 2.25. The molecule has 1 aromatic carbocycles. The zero-order valence-corrected chi connectivity index (χ0v) is 17.0. The van der Waals surface area contributed by atoms with E-state index < -0.39 is 0 Å². The summed E-state index contributed by atoms with van der Waals surface area (Å²) in [5.41, 5.74) is 1.83. The summed E-state index contributed by atoms with van der Waals surface area (Å²) in [5, 5.41) is 7.60. The second kappa shape index (κ2) is 8.61. The molecule has 7 nitrogen and oxygen atoms in total. The molecule has 2 aromatic heterocycles. The van der Waals surface area contributed by atoms with E-state index in [1.165, 1.54) is 0 Å². The summed E-state index contributed by atoms with van der Waals surface area (Å²) in [6.07, 6.45) is 5.21. The van der Waals surface area contributed by atoms with Gasteiger partial charge in [0.2, 0.25) is 11.9 Å². The molecule has 1 saturated heterocycles. The van der Waals surface area contributed by atoms with Crippen molar-refractivity contribution in [3.8, 4) is 0 Å². The predicted octanol–water partition coefficient (Wildman–Crippen LogP) is 3.25. The number of benzene rings is 1. The maximum absolute atomic E-state index is 11.9. The average Bonchev–Trinajstić information content (AvgIpc) is 2.77. The van der Waals surface area contributed by atoms with Crippen LogP contribution < -0.4 is 15.5 Å². The quantitative estimate of drug-likeness (QED) is 0.671. The van der Waals surface area contributed by atoms with Crippen LogP contribution in [0.2, 0.25) is 5.02 Å². The topological polar surface area (TPSA) is 83.0 Å². The van der Waals surface area contributed by atoms with E-state index in [9.17, 15) is 4.79 Å². The van der Waals surface area contributed by atoms with E-state index in [1.54, 1.807) is 13.2 Å². The monoisotopic (exact) mass is 410 g/mol. The van der Waals surface area contributed by atoms with Gasteiger partial charge in [0.05, 0.1) is 10.9 Å². The predicted molar refractivity (Wildman–Crippen MR) is 115 cm³/mol. The third-order valence-corrected chi connectivity index (χ3v) is 5.66. The summed E-state index contributed by atoms with van der Waals surface area (Å²) >= 11 is 6.21. The molecule has 0 spiro atoms. The second-order valence-corrected chi connectivity index (χ2v) is 7.49. The van der Waals surface area contributed by atoms with Gasteiger partial charge in [-0.15, -0.1) is 0 Å². The number of carbonyl (C=O) groups is 1. The summed E-state index contributed by atoms with van der Waals surface area (Å²) in [6.45, 7) is 2.13. The fourth-order valence-electron chi connectivity index (χ4n) is 3.65. The summed E-state index contributed by atoms with van der Waals surface area (Å²) in [4.78, 5) is 27.7. The van der Waals surface area contributed by atoms with E-state index in [1.807, 2.05) is 36.5 Å². The molecule has 1 aliphatic heterocycles. The lowest BCUT2D eigenvalue weighted by Gasteiger charge is -2.32. The van der Waals surface area contributed by atoms with E-state index >= 15 is 0 Å². The van der Waals surface area contributed by atoms with Gasteiger partial charge in [0, 0.05) is 50.0 Å². The lowest BCUT2D eigenvalue weighted by molar-refractivity contribution is -0.125. The van der Waals surface area contributed by atoms with Crippen molar-refractivity contribution < 1.29 is 4.79 Å². The number of hydrogen-bond donors (Lipinski definition) is 2. The van der Waals surface area contributed by atoms with Gasteiger partial charge in [0.15, 0.2) is 0 Å². The molecule has 0 bridgehead atoms. The SMILES string of the molecule is CNC(=O)C1CCN(c2nccc3nc(NCc4ccccc4Cl)ncc23)CC1. The van der Waals surface area contributed by atoms with Gasteiger partial charge in [0.1, 0.15) is 5.82 Å². The Hall–Kier alpha value is -2.93. The first kappa shape index (κ1) is 19.4. The van der Waals surface area contributed by atoms with Crippen molar-refractivity contribution in [1.82, 2.24) is 20.3 Å². The molecule has 0 saturated carbocycles. The van der Waals surface area contributed by atoms with Crippen molar-refractivity contribution in [1.29, 1.82) is 0 Å². The van der Waals surface area contributed by atoms with Gasteiger partial charge in [-0.2, -0.15) is 0 Å². The first-order chi connectivity index (χ1) is 14.2. The van der Waals surface area contributed by atoms with Crippen molar-refractivity contribution in [2.45, 2.75) is 19.4 Å². The Kier molecular flexibility index (Phi) is 5.76. The van der Waals surface area contributed by atoms with Crippen LogP contribution in [-0.4, -0.2) is 41.0 Å². The minimum absolute atomic E-state index is 0.0723.